The summed E-state index contributed by atoms with van der Waals surface area (Å²) in [5.41, 5.74) is 1.94. The van der Waals surface area contributed by atoms with Gasteiger partial charge in [0.15, 0.2) is 0 Å². The number of allylic oxidation sites excluding steroid dienone is 2. The number of morpholine rings is 1. The molecule has 2 amide bonds. The molecule has 5 nitrogen and oxygen atoms in total. The molecule has 0 radical (unpaired) electrons. The summed E-state index contributed by atoms with van der Waals surface area (Å²) in [4.78, 5) is 30.2. The van der Waals surface area contributed by atoms with E-state index in [2.05, 4.69) is 29.2 Å². The van der Waals surface area contributed by atoms with Gasteiger partial charge in [0.2, 0.25) is 11.8 Å². The number of nitrogens with zero attached hydrogens (tertiary/aromatic N) is 2. The first-order valence-electron chi connectivity index (χ1n) is 10.2. The Bertz CT molecular complexity index is 790. The van der Waals surface area contributed by atoms with Gasteiger partial charge in [0.05, 0.1) is 30.7 Å². The standard InChI is InChI=1S/C22H24N2O3/c25-21-19-15-5-6-16(18-11-17(15)18)20(19)22(26)24(21)14-3-1-13(2-4-14)12-23-7-9-27-10-8-23/h1-6,15-20H,7-12H2/t15-,16-,17-,18-,19+,20+/m0/s1. The number of benzene rings is 1. The Morgan fingerprint density at radius 2 is 1.48 bits per heavy atom. The highest BCUT2D eigenvalue weighted by Gasteiger charge is 2.67. The zero-order chi connectivity index (χ0) is 18.1. The Morgan fingerprint density at radius 3 is 2.07 bits per heavy atom. The molecule has 5 heteroatoms. The Labute approximate surface area is 159 Å². The van der Waals surface area contributed by atoms with Gasteiger partial charge in [0.1, 0.15) is 0 Å². The predicted molar refractivity (Wildman–Crippen MR) is 99.7 cm³/mol. The van der Waals surface area contributed by atoms with Crippen molar-refractivity contribution in [3.05, 3.63) is 42.0 Å². The summed E-state index contributed by atoms with van der Waals surface area (Å²) >= 11 is 0. The van der Waals surface area contributed by atoms with Crippen molar-refractivity contribution in [3.8, 4) is 0 Å². The quantitative estimate of drug-likeness (QED) is 0.609. The van der Waals surface area contributed by atoms with Crippen LogP contribution in [0, 0.1) is 35.5 Å². The summed E-state index contributed by atoms with van der Waals surface area (Å²) in [5.74, 6) is 1.67. The summed E-state index contributed by atoms with van der Waals surface area (Å²) in [6.45, 7) is 4.36. The number of imide groups is 1. The van der Waals surface area contributed by atoms with Crippen molar-refractivity contribution in [2.24, 2.45) is 35.5 Å². The first-order valence-corrected chi connectivity index (χ1v) is 10.2. The summed E-state index contributed by atoms with van der Waals surface area (Å²) in [7, 11) is 0. The molecule has 2 aliphatic heterocycles. The molecule has 140 valence electrons. The molecular weight excluding hydrogens is 340 g/mol. The number of carbonyl (C=O) groups excluding carboxylic acids is 2. The Hall–Kier alpha value is -1.98. The molecular formula is C22H24N2O3. The second kappa shape index (κ2) is 5.76. The molecule has 6 aliphatic rings. The zero-order valence-corrected chi connectivity index (χ0v) is 15.3. The Kier molecular flexibility index (Phi) is 3.42. The summed E-state index contributed by atoms with van der Waals surface area (Å²) < 4.78 is 5.40. The summed E-state index contributed by atoms with van der Waals surface area (Å²) in [5, 5.41) is 0. The van der Waals surface area contributed by atoms with E-state index in [-0.39, 0.29) is 35.5 Å². The lowest BCUT2D eigenvalue weighted by Crippen LogP contribution is -2.40. The normalized spacial score (nSPS) is 39.6. The van der Waals surface area contributed by atoms with Crippen LogP contribution < -0.4 is 4.90 Å². The topological polar surface area (TPSA) is 49.9 Å². The molecule has 2 heterocycles. The fraction of sp³-hybridized carbons (Fsp3) is 0.545. The van der Waals surface area contributed by atoms with Gasteiger partial charge < -0.3 is 4.74 Å². The van der Waals surface area contributed by atoms with E-state index in [4.69, 9.17) is 4.74 Å². The second-order valence-corrected chi connectivity index (χ2v) is 8.72. The maximum atomic E-state index is 13.2. The lowest BCUT2D eigenvalue weighted by molar-refractivity contribution is -0.124. The second-order valence-electron chi connectivity index (χ2n) is 8.72. The minimum absolute atomic E-state index is 0.0237. The molecule has 1 aromatic rings. The van der Waals surface area contributed by atoms with Crippen LogP contribution >= 0.6 is 0 Å². The van der Waals surface area contributed by atoms with E-state index in [1.54, 1.807) is 0 Å². The third-order valence-electron chi connectivity index (χ3n) is 7.37. The Balaban J connectivity index is 1.23. The molecule has 27 heavy (non-hydrogen) atoms. The van der Waals surface area contributed by atoms with Gasteiger partial charge in [-0.25, -0.2) is 0 Å². The van der Waals surface area contributed by atoms with Crippen LogP contribution in [-0.4, -0.2) is 43.0 Å². The highest BCUT2D eigenvalue weighted by Crippen LogP contribution is 2.65. The molecule has 0 aromatic heterocycles. The number of rotatable bonds is 3. The van der Waals surface area contributed by atoms with Crippen molar-refractivity contribution >= 4 is 17.5 Å². The number of anilines is 1. The molecule has 0 N–H and O–H groups in total. The molecule has 2 bridgehead atoms. The van der Waals surface area contributed by atoms with Crippen molar-refractivity contribution in [1.82, 2.24) is 4.90 Å². The van der Waals surface area contributed by atoms with Crippen LogP contribution in [0.15, 0.2) is 36.4 Å². The predicted octanol–water partition coefficient (Wildman–Crippen LogP) is 2.08. The molecule has 4 aliphatic carbocycles. The monoisotopic (exact) mass is 364 g/mol. The third kappa shape index (κ3) is 2.31. The van der Waals surface area contributed by atoms with Crippen LogP contribution in [0.3, 0.4) is 0 Å². The lowest BCUT2D eigenvalue weighted by Gasteiger charge is -2.37. The van der Waals surface area contributed by atoms with E-state index in [9.17, 15) is 9.59 Å². The van der Waals surface area contributed by atoms with E-state index in [0.29, 0.717) is 11.8 Å². The van der Waals surface area contributed by atoms with Gasteiger partial charge in [-0.1, -0.05) is 24.3 Å². The van der Waals surface area contributed by atoms with Crippen LogP contribution in [0.2, 0.25) is 0 Å². The molecule has 1 aromatic carbocycles. The molecule has 0 spiro atoms. The van der Waals surface area contributed by atoms with E-state index < -0.39 is 0 Å². The average molecular weight is 364 g/mol. The van der Waals surface area contributed by atoms with Crippen LogP contribution in [-0.2, 0) is 20.9 Å². The zero-order valence-electron chi connectivity index (χ0n) is 15.3. The van der Waals surface area contributed by atoms with Gasteiger partial charge in [-0.05, 0) is 47.8 Å². The number of ether oxygens (including phenoxy) is 1. The van der Waals surface area contributed by atoms with Crippen molar-refractivity contribution in [1.29, 1.82) is 0 Å². The average Bonchev–Trinajstić information content (AvgIpc) is 3.48. The van der Waals surface area contributed by atoms with Gasteiger partial charge in [0.25, 0.3) is 0 Å². The lowest BCUT2D eigenvalue weighted by atomic mass is 9.63. The largest absolute Gasteiger partial charge is 0.379 e. The number of hydrogen-bond donors (Lipinski definition) is 0. The molecule has 7 rings (SSSR count). The molecule has 4 fully saturated rings. The van der Waals surface area contributed by atoms with E-state index in [0.717, 1.165) is 38.5 Å². The van der Waals surface area contributed by atoms with Crippen molar-refractivity contribution in [2.75, 3.05) is 31.2 Å². The van der Waals surface area contributed by atoms with Gasteiger partial charge in [-0.2, -0.15) is 0 Å². The third-order valence-corrected chi connectivity index (χ3v) is 7.37. The maximum absolute atomic E-state index is 13.2. The van der Waals surface area contributed by atoms with Crippen LogP contribution in [0.5, 0.6) is 0 Å². The van der Waals surface area contributed by atoms with E-state index in [1.165, 1.54) is 16.9 Å². The fourth-order valence-electron chi connectivity index (χ4n) is 5.98. The summed E-state index contributed by atoms with van der Waals surface area (Å²) in [6.07, 6.45) is 5.65. The smallest absolute Gasteiger partial charge is 0.238 e. The highest BCUT2D eigenvalue weighted by molar-refractivity contribution is 6.22. The van der Waals surface area contributed by atoms with Crippen LogP contribution in [0.1, 0.15) is 12.0 Å². The first-order chi connectivity index (χ1) is 13.2. The van der Waals surface area contributed by atoms with Crippen molar-refractivity contribution < 1.29 is 14.3 Å². The minimum atomic E-state index is -0.121. The van der Waals surface area contributed by atoms with Gasteiger partial charge >= 0.3 is 0 Å². The Morgan fingerprint density at radius 1 is 0.889 bits per heavy atom. The number of amides is 2. The minimum Gasteiger partial charge on any atom is -0.379 e. The van der Waals surface area contributed by atoms with E-state index in [1.807, 2.05) is 12.1 Å². The first kappa shape index (κ1) is 16.0. The van der Waals surface area contributed by atoms with Gasteiger partial charge in [-0.15, -0.1) is 0 Å². The number of carbonyl (C=O) groups is 2. The molecule has 0 unspecified atom stereocenters. The van der Waals surface area contributed by atoms with Gasteiger partial charge in [-0.3, -0.25) is 19.4 Å². The van der Waals surface area contributed by atoms with Crippen molar-refractivity contribution in [3.63, 3.8) is 0 Å². The van der Waals surface area contributed by atoms with Gasteiger partial charge in [0, 0.05) is 19.6 Å². The van der Waals surface area contributed by atoms with Crippen LogP contribution in [0.25, 0.3) is 0 Å². The number of hydrogen-bond acceptors (Lipinski definition) is 4. The highest BCUT2D eigenvalue weighted by atomic mass is 16.5. The SMILES string of the molecule is O=C1[C@@H]2[C@H]3C=C[C@@H]([C@@H]4C[C@@H]34)[C@H]2C(=O)N1c1ccc(CN2CCOCC2)cc1. The summed E-state index contributed by atoms with van der Waals surface area (Å²) in [6, 6.07) is 7.99. The van der Waals surface area contributed by atoms with E-state index >= 15 is 0 Å². The maximum Gasteiger partial charge on any atom is 0.238 e. The fourth-order valence-corrected chi connectivity index (χ4v) is 5.98. The van der Waals surface area contributed by atoms with Crippen molar-refractivity contribution in [2.45, 2.75) is 13.0 Å². The van der Waals surface area contributed by atoms with Crippen LogP contribution in [0.4, 0.5) is 5.69 Å². The molecule has 6 atom stereocenters. The molecule has 2 saturated carbocycles. The molecule has 2 saturated heterocycles.